The fourth-order valence-corrected chi connectivity index (χ4v) is 3.86. The summed E-state index contributed by atoms with van der Waals surface area (Å²) in [4.78, 5) is 27.3. The van der Waals surface area contributed by atoms with Crippen LogP contribution in [0, 0.1) is 0 Å². The number of methoxy groups -OCH3 is 1. The van der Waals surface area contributed by atoms with Crippen molar-refractivity contribution >= 4 is 11.8 Å². The Labute approximate surface area is 181 Å². The highest BCUT2D eigenvalue weighted by Gasteiger charge is 2.24. The number of likely N-dealkylation sites (tertiary alicyclic amines) is 1. The molecule has 1 aromatic heterocycles. The second-order valence-corrected chi connectivity index (χ2v) is 7.73. The summed E-state index contributed by atoms with van der Waals surface area (Å²) in [6.45, 7) is 1.15. The smallest absolute Gasteiger partial charge is 0.251 e. The molecule has 1 aliphatic rings. The van der Waals surface area contributed by atoms with Gasteiger partial charge in [-0.25, -0.2) is 0 Å². The Kier molecular flexibility index (Phi) is 6.31. The fraction of sp³-hybridized carbons (Fsp3) is 0.292. The number of nitrogens with one attached hydrogen (secondary N) is 2. The van der Waals surface area contributed by atoms with E-state index in [0.29, 0.717) is 31.5 Å². The summed E-state index contributed by atoms with van der Waals surface area (Å²) in [5.41, 5.74) is 3.50. The number of amides is 2. The molecule has 7 heteroatoms. The van der Waals surface area contributed by atoms with Crippen molar-refractivity contribution in [2.45, 2.75) is 31.8 Å². The lowest BCUT2D eigenvalue weighted by Gasteiger charge is -2.21. The molecule has 0 radical (unpaired) electrons. The van der Waals surface area contributed by atoms with Gasteiger partial charge in [-0.2, -0.15) is 5.10 Å². The van der Waals surface area contributed by atoms with Gasteiger partial charge in [0, 0.05) is 42.9 Å². The van der Waals surface area contributed by atoms with Gasteiger partial charge in [0.25, 0.3) is 5.91 Å². The first kappa shape index (κ1) is 20.7. The van der Waals surface area contributed by atoms with Gasteiger partial charge in [0.1, 0.15) is 5.75 Å². The molecule has 3 aromatic rings. The van der Waals surface area contributed by atoms with Gasteiger partial charge in [-0.05, 0) is 48.2 Å². The highest BCUT2D eigenvalue weighted by molar-refractivity contribution is 5.95. The average molecular weight is 418 g/mol. The SMILES string of the molecule is COc1cccc(CN2CCC(NC(=O)c3cccc(-c4cn[nH]c4)c3)CCC2=O)c1. The van der Waals surface area contributed by atoms with Crippen molar-refractivity contribution in [3.63, 3.8) is 0 Å². The summed E-state index contributed by atoms with van der Waals surface area (Å²) in [5, 5.41) is 9.86. The molecule has 7 nitrogen and oxygen atoms in total. The maximum atomic E-state index is 12.8. The molecule has 1 aliphatic heterocycles. The van der Waals surface area contributed by atoms with Crippen molar-refractivity contribution in [1.29, 1.82) is 0 Å². The Hall–Kier alpha value is -3.61. The lowest BCUT2D eigenvalue weighted by Crippen LogP contribution is -2.35. The number of H-pyrrole nitrogens is 1. The molecule has 160 valence electrons. The van der Waals surface area contributed by atoms with Crippen LogP contribution in [0.25, 0.3) is 11.1 Å². The minimum atomic E-state index is -0.121. The van der Waals surface area contributed by atoms with Crippen LogP contribution in [0.4, 0.5) is 0 Å². The predicted octanol–water partition coefficient (Wildman–Crippen LogP) is 3.40. The van der Waals surface area contributed by atoms with Crippen molar-refractivity contribution in [1.82, 2.24) is 20.4 Å². The molecule has 2 amide bonds. The normalized spacial score (nSPS) is 16.6. The molecule has 2 aromatic carbocycles. The second kappa shape index (κ2) is 9.47. The average Bonchev–Trinajstić information content (AvgIpc) is 3.29. The van der Waals surface area contributed by atoms with Gasteiger partial charge in [-0.1, -0.05) is 24.3 Å². The number of aromatic nitrogens is 2. The molecule has 2 heterocycles. The molecular weight excluding hydrogens is 392 g/mol. The first-order valence-corrected chi connectivity index (χ1v) is 10.4. The molecule has 1 unspecified atom stereocenters. The first-order valence-electron chi connectivity index (χ1n) is 10.4. The van der Waals surface area contributed by atoms with E-state index in [1.165, 1.54) is 0 Å². The van der Waals surface area contributed by atoms with Crippen LogP contribution in [-0.2, 0) is 11.3 Å². The summed E-state index contributed by atoms with van der Waals surface area (Å²) in [6, 6.07) is 15.2. The Morgan fingerprint density at radius 2 is 2.06 bits per heavy atom. The minimum absolute atomic E-state index is 0.0376. The Bertz CT molecular complexity index is 1050. The van der Waals surface area contributed by atoms with Gasteiger partial charge in [-0.3, -0.25) is 14.7 Å². The molecule has 1 fully saturated rings. The summed E-state index contributed by atoms with van der Waals surface area (Å²) < 4.78 is 5.27. The van der Waals surface area contributed by atoms with Gasteiger partial charge in [0.15, 0.2) is 0 Å². The van der Waals surface area contributed by atoms with E-state index < -0.39 is 0 Å². The Morgan fingerprint density at radius 3 is 2.87 bits per heavy atom. The monoisotopic (exact) mass is 418 g/mol. The quantitative estimate of drug-likeness (QED) is 0.642. The summed E-state index contributed by atoms with van der Waals surface area (Å²) in [7, 11) is 1.63. The molecule has 0 saturated carbocycles. The van der Waals surface area contributed by atoms with Crippen LogP contribution in [-0.4, -0.2) is 46.6 Å². The van der Waals surface area contributed by atoms with E-state index >= 15 is 0 Å². The molecule has 4 rings (SSSR count). The van der Waals surface area contributed by atoms with Crippen LogP contribution in [0.3, 0.4) is 0 Å². The highest BCUT2D eigenvalue weighted by atomic mass is 16.5. The molecule has 0 spiro atoms. The number of aromatic amines is 1. The lowest BCUT2D eigenvalue weighted by molar-refractivity contribution is -0.131. The fourth-order valence-electron chi connectivity index (χ4n) is 3.86. The first-order chi connectivity index (χ1) is 15.1. The van der Waals surface area contributed by atoms with Crippen molar-refractivity contribution in [3.05, 3.63) is 72.1 Å². The number of rotatable bonds is 6. The third-order valence-electron chi connectivity index (χ3n) is 5.61. The van der Waals surface area contributed by atoms with Gasteiger partial charge in [-0.15, -0.1) is 0 Å². The maximum absolute atomic E-state index is 12.8. The van der Waals surface area contributed by atoms with E-state index in [4.69, 9.17) is 4.74 Å². The molecule has 0 aliphatic carbocycles. The number of carbonyl (C=O) groups excluding carboxylic acids is 2. The van der Waals surface area contributed by atoms with E-state index in [1.54, 1.807) is 25.6 Å². The number of nitrogens with zero attached hydrogens (tertiary/aromatic N) is 2. The number of carbonyl (C=O) groups is 2. The largest absolute Gasteiger partial charge is 0.497 e. The maximum Gasteiger partial charge on any atom is 0.251 e. The minimum Gasteiger partial charge on any atom is -0.497 e. The molecule has 1 atom stereocenters. The molecule has 0 bridgehead atoms. The number of hydrogen-bond acceptors (Lipinski definition) is 4. The van der Waals surface area contributed by atoms with Gasteiger partial charge < -0.3 is 15.0 Å². The number of hydrogen-bond donors (Lipinski definition) is 2. The molecule has 1 saturated heterocycles. The Morgan fingerprint density at radius 1 is 1.19 bits per heavy atom. The van der Waals surface area contributed by atoms with E-state index in [2.05, 4.69) is 15.5 Å². The molecular formula is C24H26N4O3. The third-order valence-corrected chi connectivity index (χ3v) is 5.61. The van der Waals surface area contributed by atoms with Crippen LogP contribution in [0.15, 0.2) is 60.9 Å². The van der Waals surface area contributed by atoms with Crippen LogP contribution in [0.5, 0.6) is 5.75 Å². The van der Waals surface area contributed by atoms with E-state index in [1.807, 2.05) is 47.4 Å². The number of ether oxygens (including phenoxy) is 1. The molecule has 31 heavy (non-hydrogen) atoms. The number of benzene rings is 2. The van der Waals surface area contributed by atoms with Crippen LogP contribution in [0.1, 0.15) is 35.2 Å². The zero-order chi connectivity index (χ0) is 21.6. The molecule has 2 N–H and O–H groups in total. The van der Waals surface area contributed by atoms with Crippen molar-refractivity contribution in [3.8, 4) is 16.9 Å². The highest BCUT2D eigenvalue weighted by Crippen LogP contribution is 2.21. The van der Waals surface area contributed by atoms with Gasteiger partial charge >= 0.3 is 0 Å². The van der Waals surface area contributed by atoms with Crippen LogP contribution in [0.2, 0.25) is 0 Å². The van der Waals surface area contributed by atoms with Crippen molar-refractivity contribution in [2.24, 2.45) is 0 Å². The van der Waals surface area contributed by atoms with Crippen LogP contribution >= 0.6 is 0 Å². The zero-order valence-corrected chi connectivity index (χ0v) is 17.5. The Balaban J connectivity index is 1.38. The van der Waals surface area contributed by atoms with Crippen molar-refractivity contribution in [2.75, 3.05) is 13.7 Å². The lowest BCUT2D eigenvalue weighted by atomic mass is 10.0. The van der Waals surface area contributed by atoms with Crippen molar-refractivity contribution < 1.29 is 14.3 Å². The summed E-state index contributed by atoms with van der Waals surface area (Å²) in [6.07, 6.45) is 5.31. The van der Waals surface area contributed by atoms with E-state index in [-0.39, 0.29) is 17.9 Å². The summed E-state index contributed by atoms with van der Waals surface area (Å²) in [5.74, 6) is 0.771. The third kappa shape index (κ3) is 5.12. The van der Waals surface area contributed by atoms with E-state index in [9.17, 15) is 9.59 Å². The van der Waals surface area contributed by atoms with Gasteiger partial charge in [0.05, 0.1) is 13.3 Å². The summed E-state index contributed by atoms with van der Waals surface area (Å²) >= 11 is 0. The standard InChI is InChI=1S/C24H26N4O3/c1-31-22-7-2-4-17(12-22)16-28-11-10-21(8-9-23(28)29)27-24(30)19-6-3-5-18(13-19)20-14-25-26-15-20/h2-7,12-15,21H,8-11,16H2,1H3,(H,25,26)(H,27,30). The van der Waals surface area contributed by atoms with Gasteiger partial charge in [0.2, 0.25) is 5.91 Å². The zero-order valence-electron chi connectivity index (χ0n) is 17.5. The van der Waals surface area contributed by atoms with E-state index in [0.717, 1.165) is 28.9 Å². The second-order valence-electron chi connectivity index (χ2n) is 7.73. The van der Waals surface area contributed by atoms with Crippen LogP contribution < -0.4 is 10.1 Å². The predicted molar refractivity (Wildman–Crippen MR) is 118 cm³/mol. The topological polar surface area (TPSA) is 87.3 Å².